The summed E-state index contributed by atoms with van der Waals surface area (Å²) in [5, 5.41) is 3.27. The zero-order valence-corrected chi connectivity index (χ0v) is 8.53. The van der Waals surface area contributed by atoms with Gasteiger partial charge in [0.05, 0.1) is 0 Å². The number of hydrogen-bond acceptors (Lipinski definition) is 3. The topological polar surface area (TPSA) is 50.9 Å². The third kappa shape index (κ3) is 2.45. The molecule has 14 heavy (non-hydrogen) atoms. The molecular weight excluding hydrogens is 174 g/mol. The molecule has 1 heterocycles. The highest BCUT2D eigenvalue weighted by Gasteiger charge is 2.27. The van der Waals surface area contributed by atoms with Gasteiger partial charge in [0.1, 0.15) is 5.82 Å². The van der Waals surface area contributed by atoms with Crippen LogP contribution in [-0.4, -0.2) is 17.6 Å². The van der Waals surface area contributed by atoms with Gasteiger partial charge in [-0.1, -0.05) is 6.07 Å². The number of rotatable bonds is 4. The largest absolute Gasteiger partial charge is 0.369 e. The lowest BCUT2D eigenvalue weighted by Crippen LogP contribution is -2.31. The van der Waals surface area contributed by atoms with Crippen molar-refractivity contribution in [1.29, 1.82) is 0 Å². The third-order valence-corrected chi connectivity index (χ3v) is 2.63. The number of nitrogens with zero attached hydrogens (tertiary/aromatic N) is 1. The first-order chi connectivity index (χ1) is 6.75. The first kappa shape index (κ1) is 9.46. The molecule has 3 heteroatoms. The number of aromatic nitrogens is 1. The summed E-state index contributed by atoms with van der Waals surface area (Å²) in [6.07, 6.45) is 2.59. The first-order valence-corrected chi connectivity index (χ1v) is 5.19. The van der Waals surface area contributed by atoms with Crippen molar-refractivity contribution in [3.63, 3.8) is 0 Å². The van der Waals surface area contributed by atoms with Crippen LogP contribution >= 0.6 is 0 Å². The Hall–Kier alpha value is -1.09. The number of hydrogen-bond donors (Lipinski definition) is 2. The van der Waals surface area contributed by atoms with Crippen LogP contribution in [0.3, 0.4) is 0 Å². The molecule has 0 spiro atoms. The molecular formula is C11H17N3. The second-order valence-corrected chi connectivity index (χ2v) is 4.05. The highest BCUT2D eigenvalue weighted by Crippen LogP contribution is 2.31. The molecule has 1 atom stereocenters. The first-order valence-electron chi connectivity index (χ1n) is 5.19. The summed E-state index contributed by atoms with van der Waals surface area (Å²) in [5.74, 6) is 1.67. The lowest BCUT2D eigenvalue weighted by Gasteiger charge is -2.12. The van der Waals surface area contributed by atoms with E-state index in [2.05, 4.69) is 10.3 Å². The van der Waals surface area contributed by atoms with Crippen LogP contribution in [0.5, 0.6) is 0 Å². The summed E-state index contributed by atoms with van der Waals surface area (Å²) >= 11 is 0. The fourth-order valence-corrected chi connectivity index (χ4v) is 1.55. The molecule has 0 saturated heterocycles. The molecule has 3 N–H and O–H groups in total. The summed E-state index contributed by atoms with van der Waals surface area (Å²) in [6.45, 7) is 2.83. The minimum absolute atomic E-state index is 0.289. The normalized spacial score (nSPS) is 17.9. The van der Waals surface area contributed by atoms with Crippen molar-refractivity contribution >= 4 is 5.82 Å². The van der Waals surface area contributed by atoms with Crippen molar-refractivity contribution in [3.05, 3.63) is 23.9 Å². The molecule has 1 unspecified atom stereocenters. The SMILES string of the molecule is Cc1cccc(NCC(N)C2CC2)n1. The summed E-state index contributed by atoms with van der Waals surface area (Å²) < 4.78 is 0. The van der Waals surface area contributed by atoms with E-state index in [1.54, 1.807) is 0 Å². The molecule has 1 fully saturated rings. The summed E-state index contributed by atoms with van der Waals surface area (Å²) in [6, 6.07) is 6.27. The number of pyridine rings is 1. The minimum Gasteiger partial charge on any atom is -0.369 e. The van der Waals surface area contributed by atoms with Crippen molar-refractivity contribution in [3.8, 4) is 0 Å². The van der Waals surface area contributed by atoms with E-state index in [1.807, 2.05) is 25.1 Å². The predicted octanol–water partition coefficient (Wildman–Crippen LogP) is 1.54. The summed E-state index contributed by atoms with van der Waals surface area (Å²) in [7, 11) is 0. The van der Waals surface area contributed by atoms with Crippen LogP contribution in [0.2, 0.25) is 0 Å². The second-order valence-electron chi connectivity index (χ2n) is 4.05. The Morgan fingerprint density at radius 3 is 3.00 bits per heavy atom. The Morgan fingerprint density at radius 2 is 2.36 bits per heavy atom. The van der Waals surface area contributed by atoms with E-state index in [0.717, 1.165) is 24.0 Å². The monoisotopic (exact) mass is 191 g/mol. The number of aryl methyl sites for hydroxylation is 1. The molecule has 1 saturated carbocycles. The van der Waals surface area contributed by atoms with Crippen LogP contribution in [-0.2, 0) is 0 Å². The van der Waals surface area contributed by atoms with Crippen molar-refractivity contribution in [2.24, 2.45) is 11.7 Å². The van der Waals surface area contributed by atoms with E-state index in [4.69, 9.17) is 5.73 Å². The van der Waals surface area contributed by atoms with Crippen molar-refractivity contribution in [2.45, 2.75) is 25.8 Å². The molecule has 0 aliphatic heterocycles. The van der Waals surface area contributed by atoms with Gasteiger partial charge in [0.15, 0.2) is 0 Å². The van der Waals surface area contributed by atoms with E-state index in [-0.39, 0.29) is 6.04 Å². The molecule has 0 radical (unpaired) electrons. The van der Waals surface area contributed by atoms with Crippen LogP contribution in [0.25, 0.3) is 0 Å². The Balaban J connectivity index is 1.84. The van der Waals surface area contributed by atoms with Gasteiger partial charge in [-0.25, -0.2) is 4.98 Å². The van der Waals surface area contributed by atoms with Gasteiger partial charge in [-0.2, -0.15) is 0 Å². The van der Waals surface area contributed by atoms with E-state index < -0.39 is 0 Å². The van der Waals surface area contributed by atoms with Gasteiger partial charge in [-0.15, -0.1) is 0 Å². The van der Waals surface area contributed by atoms with Gasteiger partial charge in [-0.3, -0.25) is 0 Å². The van der Waals surface area contributed by atoms with Crippen LogP contribution < -0.4 is 11.1 Å². The average molecular weight is 191 g/mol. The number of nitrogens with one attached hydrogen (secondary N) is 1. The van der Waals surface area contributed by atoms with Crippen molar-refractivity contribution in [1.82, 2.24) is 4.98 Å². The quantitative estimate of drug-likeness (QED) is 0.759. The Morgan fingerprint density at radius 1 is 1.57 bits per heavy atom. The van der Waals surface area contributed by atoms with Crippen LogP contribution in [0, 0.1) is 12.8 Å². The molecule has 0 aromatic carbocycles. The molecule has 1 aromatic heterocycles. The summed E-state index contributed by atoms with van der Waals surface area (Å²) in [4.78, 5) is 4.36. The number of anilines is 1. The highest BCUT2D eigenvalue weighted by atomic mass is 15.0. The maximum Gasteiger partial charge on any atom is 0.126 e. The van der Waals surface area contributed by atoms with Gasteiger partial charge in [0.2, 0.25) is 0 Å². The Labute approximate surface area is 84.7 Å². The maximum atomic E-state index is 5.97. The lowest BCUT2D eigenvalue weighted by atomic mass is 10.2. The van der Waals surface area contributed by atoms with Crippen LogP contribution in [0.1, 0.15) is 18.5 Å². The van der Waals surface area contributed by atoms with E-state index >= 15 is 0 Å². The average Bonchev–Trinajstić information content (AvgIpc) is 2.97. The maximum absolute atomic E-state index is 5.97. The van der Waals surface area contributed by atoms with Crippen molar-refractivity contribution in [2.75, 3.05) is 11.9 Å². The zero-order valence-electron chi connectivity index (χ0n) is 8.53. The van der Waals surface area contributed by atoms with Gasteiger partial charge >= 0.3 is 0 Å². The molecule has 76 valence electrons. The molecule has 0 bridgehead atoms. The van der Waals surface area contributed by atoms with Crippen LogP contribution in [0.4, 0.5) is 5.82 Å². The van der Waals surface area contributed by atoms with E-state index in [9.17, 15) is 0 Å². The van der Waals surface area contributed by atoms with Gasteiger partial charge in [0.25, 0.3) is 0 Å². The Kier molecular flexibility index (Phi) is 2.68. The molecule has 2 rings (SSSR count). The molecule has 1 aliphatic carbocycles. The lowest BCUT2D eigenvalue weighted by molar-refractivity contribution is 0.620. The Bertz CT molecular complexity index is 307. The summed E-state index contributed by atoms with van der Waals surface area (Å²) in [5.41, 5.74) is 7.01. The van der Waals surface area contributed by atoms with Gasteiger partial charge in [-0.05, 0) is 37.8 Å². The highest BCUT2D eigenvalue weighted by molar-refractivity contribution is 5.35. The van der Waals surface area contributed by atoms with Crippen molar-refractivity contribution < 1.29 is 0 Å². The van der Waals surface area contributed by atoms with E-state index in [1.165, 1.54) is 12.8 Å². The third-order valence-electron chi connectivity index (χ3n) is 2.63. The van der Waals surface area contributed by atoms with E-state index in [0.29, 0.717) is 0 Å². The zero-order chi connectivity index (χ0) is 9.97. The molecule has 0 amide bonds. The second kappa shape index (κ2) is 3.96. The molecule has 1 aromatic rings. The molecule has 1 aliphatic rings. The fraction of sp³-hybridized carbons (Fsp3) is 0.545. The van der Waals surface area contributed by atoms with Crippen LogP contribution in [0.15, 0.2) is 18.2 Å². The molecule has 3 nitrogen and oxygen atoms in total. The van der Waals surface area contributed by atoms with Gasteiger partial charge < -0.3 is 11.1 Å². The smallest absolute Gasteiger partial charge is 0.126 e. The standard InChI is InChI=1S/C11H17N3/c1-8-3-2-4-11(14-8)13-7-10(12)9-5-6-9/h2-4,9-10H,5-7,12H2,1H3,(H,13,14). The number of nitrogens with two attached hydrogens (primary N) is 1. The predicted molar refractivity (Wildman–Crippen MR) is 58.2 cm³/mol. The fourth-order valence-electron chi connectivity index (χ4n) is 1.55. The minimum atomic E-state index is 0.289. The van der Waals surface area contributed by atoms with Gasteiger partial charge in [0, 0.05) is 18.3 Å².